The van der Waals surface area contributed by atoms with Gasteiger partial charge in [0, 0.05) is 49.7 Å². The normalized spacial score (nSPS) is 18.0. The van der Waals surface area contributed by atoms with Crippen LogP contribution in [0.4, 0.5) is 0 Å². The number of nitrogens with zero attached hydrogens (tertiary/aromatic N) is 4. The van der Waals surface area contributed by atoms with Crippen molar-refractivity contribution in [1.82, 2.24) is 15.2 Å². The summed E-state index contributed by atoms with van der Waals surface area (Å²) in [6.45, 7) is 9.99. The highest BCUT2D eigenvalue weighted by atomic mass is 16.5. The molecule has 2 unspecified atom stereocenters. The molecule has 1 saturated heterocycles. The van der Waals surface area contributed by atoms with Gasteiger partial charge in [-0.3, -0.25) is 14.6 Å². The minimum atomic E-state index is -1.07. The van der Waals surface area contributed by atoms with Gasteiger partial charge in [-0.05, 0) is 30.7 Å². The molecule has 1 aromatic rings. The zero-order valence-electron chi connectivity index (χ0n) is 22.4. The number of hydrogen-bond acceptors (Lipinski definition) is 8. The van der Waals surface area contributed by atoms with E-state index in [9.17, 15) is 9.59 Å². The van der Waals surface area contributed by atoms with E-state index in [4.69, 9.17) is 20.0 Å². The number of aliphatic imine (C=N–C) groups is 1. The molecule has 10 heteroatoms. The Balaban J connectivity index is 1.76. The van der Waals surface area contributed by atoms with Crippen LogP contribution in [0.5, 0.6) is 5.75 Å². The van der Waals surface area contributed by atoms with E-state index < -0.39 is 11.8 Å². The molecule has 2 aliphatic heterocycles. The summed E-state index contributed by atoms with van der Waals surface area (Å²) in [6.07, 6.45) is 6.94. The monoisotopic (exact) mass is 520 g/mol. The van der Waals surface area contributed by atoms with E-state index in [0.29, 0.717) is 37.7 Å². The molecule has 1 fully saturated rings. The van der Waals surface area contributed by atoms with Gasteiger partial charge in [-0.2, -0.15) is 5.10 Å². The largest absolute Gasteiger partial charge is 0.496 e. The molecule has 10 nitrogen and oxygen atoms in total. The van der Waals surface area contributed by atoms with E-state index in [1.54, 1.807) is 35.4 Å². The summed E-state index contributed by atoms with van der Waals surface area (Å²) in [4.78, 5) is 31.7. The zero-order chi connectivity index (χ0) is 27.7. The van der Waals surface area contributed by atoms with Gasteiger partial charge < -0.3 is 25.1 Å². The van der Waals surface area contributed by atoms with Crippen LogP contribution in [-0.2, 0) is 14.3 Å². The first-order valence-electron chi connectivity index (χ1n) is 12.6. The number of carbonyl (C=O) groups excluding carboxylic acids is 2. The lowest BCUT2D eigenvalue weighted by atomic mass is 9.95. The Hall–Kier alpha value is -4.05. The number of para-hydroxylation sites is 1. The Bertz CT molecular complexity index is 1180. The average Bonchev–Trinajstić information content (AvgIpc) is 2.95. The van der Waals surface area contributed by atoms with Crippen LogP contribution in [0.2, 0.25) is 0 Å². The third kappa shape index (κ3) is 6.63. The van der Waals surface area contributed by atoms with Crippen molar-refractivity contribution in [2.24, 2.45) is 21.9 Å². The predicted octanol–water partition coefficient (Wildman–Crippen LogP) is 2.98. The molecule has 0 radical (unpaired) electrons. The second-order valence-electron chi connectivity index (χ2n) is 8.89. The lowest BCUT2D eigenvalue weighted by Gasteiger charge is -2.29. The van der Waals surface area contributed by atoms with E-state index in [2.05, 4.69) is 30.7 Å². The molecule has 2 amide bonds. The van der Waals surface area contributed by atoms with Crippen molar-refractivity contribution >= 4 is 29.5 Å². The predicted molar refractivity (Wildman–Crippen MR) is 148 cm³/mol. The van der Waals surface area contributed by atoms with E-state index in [1.165, 1.54) is 7.05 Å². The molecule has 0 aliphatic carbocycles. The smallest absolute Gasteiger partial charge is 0.270 e. The fourth-order valence-electron chi connectivity index (χ4n) is 4.12. The van der Waals surface area contributed by atoms with Crippen molar-refractivity contribution in [2.75, 3.05) is 40.5 Å². The number of carbonyl (C=O) groups is 2. The van der Waals surface area contributed by atoms with Crippen molar-refractivity contribution in [1.29, 1.82) is 5.41 Å². The van der Waals surface area contributed by atoms with E-state index in [-0.39, 0.29) is 17.5 Å². The Labute approximate surface area is 223 Å². The molecule has 0 bridgehead atoms. The fraction of sp³-hybridized carbons (Fsp3) is 0.393. The maximum Gasteiger partial charge on any atom is 0.270 e. The van der Waals surface area contributed by atoms with Crippen molar-refractivity contribution in [3.05, 3.63) is 66.2 Å². The molecule has 2 atom stereocenters. The van der Waals surface area contributed by atoms with Gasteiger partial charge in [0.2, 0.25) is 5.91 Å². The lowest BCUT2D eigenvalue weighted by molar-refractivity contribution is -0.136. The van der Waals surface area contributed by atoms with Gasteiger partial charge in [-0.25, -0.2) is 5.01 Å². The average molecular weight is 521 g/mol. The first kappa shape index (κ1) is 28.5. The first-order chi connectivity index (χ1) is 18.3. The van der Waals surface area contributed by atoms with Crippen LogP contribution in [-0.4, -0.2) is 79.8 Å². The number of amides is 2. The minimum Gasteiger partial charge on any atom is -0.496 e. The van der Waals surface area contributed by atoms with Crippen molar-refractivity contribution in [3.8, 4) is 5.75 Å². The third-order valence-electron chi connectivity index (χ3n) is 6.47. The number of methoxy groups -OCH3 is 1. The quantitative estimate of drug-likeness (QED) is 0.460. The topological polar surface area (TPSA) is 120 Å². The second-order valence-corrected chi connectivity index (χ2v) is 8.89. The maximum atomic E-state index is 13.1. The van der Waals surface area contributed by atoms with E-state index in [0.717, 1.165) is 29.7 Å². The molecule has 2 N–H and O–H groups in total. The highest BCUT2D eigenvalue weighted by Gasteiger charge is 2.32. The number of benzene rings is 1. The number of hydrogen-bond donors (Lipinski definition) is 2. The summed E-state index contributed by atoms with van der Waals surface area (Å²) >= 11 is 0. The van der Waals surface area contributed by atoms with Crippen LogP contribution < -0.4 is 10.1 Å². The SMILES string of the molecule is C=C1C=C(NC(=O)C(=NC)C(C=N)C(=O)N2CCOCC2)C=CN1N=C(c1ccccc1OC)C(C)CC. The van der Waals surface area contributed by atoms with Crippen molar-refractivity contribution < 1.29 is 19.1 Å². The standard InChI is InChI=1S/C28H36N6O4/c1-6-19(2)25(22-9-7-8-10-24(22)37-5)32-34-12-11-21(17-20(34)3)31-27(35)26(30-4)23(18-29)28(36)33-13-15-38-16-14-33/h7-12,17-19,23,29H,3,6,13-16H2,1-2,4-5H3,(H,31,35). The molecule has 0 aromatic heterocycles. The Morgan fingerprint density at radius 2 is 2.00 bits per heavy atom. The van der Waals surface area contributed by atoms with Gasteiger partial charge in [0.1, 0.15) is 17.4 Å². The number of hydrazone groups is 1. The van der Waals surface area contributed by atoms with E-state index in [1.807, 2.05) is 24.3 Å². The summed E-state index contributed by atoms with van der Waals surface area (Å²) in [6, 6.07) is 7.74. The van der Waals surface area contributed by atoms with Gasteiger partial charge in [0.05, 0.1) is 31.7 Å². The van der Waals surface area contributed by atoms with Gasteiger partial charge in [-0.1, -0.05) is 32.6 Å². The van der Waals surface area contributed by atoms with Gasteiger partial charge in [-0.15, -0.1) is 0 Å². The maximum absolute atomic E-state index is 13.1. The number of morpholine rings is 1. The molecule has 38 heavy (non-hydrogen) atoms. The highest BCUT2D eigenvalue weighted by molar-refractivity contribution is 6.46. The highest BCUT2D eigenvalue weighted by Crippen LogP contribution is 2.25. The van der Waals surface area contributed by atoms with Gasteiger partial charge >= 0.3 is 0 Å². The number of rotatable bonds is 10. The molecular weight excluding hydrogens is 484 g/mol. The van der Waals surface area contributed by atoms with E-state index >= 15 is 0 Å². The van der Waals surface area contributed by atoms with Crippen LogP contribution in [0.25, 0.3) is 0 Å². The summed E-state index contributed by atoms with van der Waals surface area (Å²) in [5, 5.41) is 17.1. The van der Waals surface area contributed by atoms with Gasteiger partial charge in [0.25, 0.3) is 5.91 Å². The fourth-order valence-corrected chi connectivity index (χ4v) is 4.12. The van der Waals surface area contributed by atoms with Gasteiger partial charge in [0.15, 0.2) is 0 Å². The third-order valence-corrected chi connectivity index (χ3v) is 6.47. The summed E-state index contributed by atoms with van der Waals surface area (Å²) in [7, 11) is 3.07. The van der Waals surface area contributed by atoms with Crippen LogP contribution in [0.3, 0.4) is 0 Å². The van der Waals surface area contributed by atoms with Crippen molar-refractivity contribution in [2.45, 2.75) is 20.3 Å². The summed E-state index contributed by atoms with van der Waals surface area (Å²) in [5.74, 6) is -1.08. The minimum absolute atomic E-state index is 0.0351. The zero-order valence-corrected chi connectivity index (χ0v) is 22.4. The number of allylic oxidation sites excluding steroid dienone is 2. The summed E-state index contributed by atoms with van der Waals surface area (Å²) in [5.41, 5.74) is 2.73. The first-order valence-corrected chi connectivity index (χ1v) is 12.6. The van der Waals surface area contributed by atoms with Crippen LogP contribution in [0.15, 0.2) is 70.7 Å². The molecule has 3 rings (SSSR count). The number of ether oxygens (including phenoxy) is 2. The summed E-state index contributed by atoms with van der Waals surface area (Å²) < 4.78 is 10.8. The Kier molecular flexibility index (Phi) is 10.1. The Morgan fingerprint density at radius 3 is 2.61 bits per heavy atom. The number of nitrogens with one attached hydrogen (secondary N) is 2. The molecule has 0 saturated carbocycles. The molecule has 202 valence electrons. The molecule has 0 spiro atoms. The molecule has 2 aliphatic rings. The molecule has 2 heterocycles. The lowest BCUT2D eigenvalue weighted by Crippen LogP contribution is -2.48. The second kappa shape index (κ2) is 13.5. The van der Waals surface area contributed by atoms with Crippen molar-refractivity contribution in [3.63, 3.8) is 0 Å². The molecule has 1 aromatic carbocycles. The van der Waals surface area contributed by atoms with Crippen LogP contribution in [0.1, 0.15) is 25.8 Å². The Morgan fingerprint density at radius 1 is 1.29 bits per heavy atom. The molecular formula is C28H36N6O4. The van der Waals surface area contributed by atoms with Crippen LogP contribution in [0, 0.1) is 17.2 Å². The van der Waals surface area contributed by atoms with Crippen LogP contribution >= 0.6 is 0 Å².